The van der Waals surface area contributed by atoms with E-state index in [1.165, 1.54) is 7.11 Å². The molecule has 0 fully saturated rings. The number of hydrogen-bond donors (Lipinski definition) is 2. The number of nitrogen functional groups attached to an aromatic ring is 1. The summed E-state index contributed by atoms with van der Waals surface area (Å²) in [5.74, 6) is -0.566. The Kier molecular flexibility index (Phi) is 2.77. The summed E-state index contributed by atoms with van der Waals surface area (Å²) < 4.78 is 5.28. The minimum absolute atomic E-state index is 0.167. The number of nitrogens with one attached hydrogen (secondary N) is 1. The van der Waals surface area contributed by atoms with Gasteiger partial charge in [-0.3, -0.25) is 5.10 Å². The van der Waals surface area contributed by atoms with Crippen molar-refractivity contribution < 1.29 is 9.53 Å². The lowest BCUT2D eigenvalue weighted by Crippen LogP contribution is -2.07. The summed E-state index contributed by atoms with van der Waals surface area (Å²) in [5, 5.41) is 7.64. The number of fused-ring (bicyclic) bond motifs is 1. The van der Waals surface area contributed by atoms with E-state index < -0.39 is 5.97 Å². The summed E-state index contributed by atoms with van der Waals surface area (Å²) in [5.41, 5.74) is 6.50. The van der Waals surface area contributed by atoms with Crippen molar-refractivity contribution in [3.63, 3.8) is 0 Å². The first-order valence-corrected chi connectivity index (χ1v) is 5.43. The van der Waals surface area contributed by atoms with E-state index in [0.29, 0.717) is 15.5 Å². The first-order valence-electron chi connectivity index (χ1n) is 4.26. The molecule has 0 amide bonds. The zero-order chi connectivity index (χ0) is 11.9. The van der Waals surface area contributed by atoms with Crippen LogP contribution in [0.2, 0.25) is 5.02 Å². The number of aromatic amines is 1. The van der Waals surface area contributed by atoms with Crippen LogP contribution in [0.5, 0.6) is 0 Å². The van der Waals surface area contributed by atoms with Crippen molar-refractivity contribution in [2.45, 2.75) is 0 Å². The number of nitrogens with zero attached hydrogens (tertiary/aromatic N) is 1. The zero-order valence-electron chi connectivity index (χ0n) is 8.17. The Labute approximate surface area is 104 Å². The molecule has 2 rings (SSSR count). The minimum Gasteiger partial charge on any atom is -0.465 e. The van der Waals surface area contributed by atoms with Crippen LogP contribution in [0.1, 0.15) is 10.4 Å². The number of carbonyl (C=O) groups is 1. The highest BCUT2D eigenvalue weighted by atomic mass is 79.9. The molecule has 16 heavy (non-hydrogen) atoms. The average molecular weight is 305 g/mol. The molecule has 0 saturated heterocycles. The Morgan fingerprint density at radius 1 is 1.69 bits per heavy atom. The van der Waals surface area contributed by atoms with E-state index in [-0.39, 0.29) is 16.3 Å². The molecule has 0 radical (unpaired) electrons. The molecule has 1 heterocycles. The van der Waals surface area contributed by atoms with Crippen LogP contribution in [0, 0.1) is 0 Å². The number of halogens is 2. The third-order valence-electron chi connectivity index (χ3n) is 2.18. The topological polar surface area (TPSA) is 81.0 Å². The van der Waals surface area contributed by atoms with Gasteiger partial charge in [0.2, 0.25) is 0 Å². The van der Waals surface area contributed by atoms with Crippen LogP contribution in [0.15, 0.2) is 10.7 Å². The number of H-pyrrole nitrogens is 1. The molecule has 0 aliphatic carbocycles. The third kappa shape index (κ3) is 1.54. The Morgan fingerprint density at radius 3 is 3.00 bits per heavy atom. The van der Waals surface area contributed by atoms with Gasteiger partial charge in [0.25, 0.3) is 0 Å². The van der Waals surface area contributed by atoms with Crippen LogP contribution in [0.4, 0.5) is 5.69 Å². The van der Waals surface area contributed by atoms with Crippen molar-refractivity contribution in [1.82, 2.24) is 10.2 Å². The molecule has 0 unspecified atom stereocenters. The predicted molar refractivity (Wildman–Crippen MR) is 64.6 cm³/mol. The van der Waals surface area contributed by atoms with Gasteiger partial charge >= 0.3 is 5.97 Å². The average Bonchev–Trinajstić information content (AvgIpc) is 2.61. The van der Waals surface area contributed by atoms with Gasteiger partial charge in [-0.05, 0) is 22.0 Å². The SMILES string of the molecule is COC(=O)c1c(N)c(Cl)cc2c(Br)[nH]nc12. The van der Waals surface area contributed by atoms with Crippen LogP contribution >= 0.6 is 27.5 Å². The lowest BCUT2D eigenvalue weighted by molar-refractivity contribution is 0.0604. The van der Waals surface area contributed by atoms with Crippen LogP contribution in [0.25, 0.3) is 10.9 Å². The van der Waals surface area contributed by atoms with Crippen LogP contribution in [-0.2, 0) is 4.74 Å². The lowest BCUT2D eigenvalue weighted by Gasteiger charge is -2.06. The summed E-state index contributed by atoms with van der Waals surface area (Å²) >= 11 is 9.19. The van der Waals surface area contributed by atoms with Crippen molar-refractivity contribution in [2.75, 3.05) is 12.8 Å². The Morgan fingerprint density at radius 2 is 2.38 bits per heavy atom. The second-order valence-electron chi connectivity index (χ2n) is 3.07. The van der Waals surface area contributed by atoms with Crippen molar-refractivity contribution in [2.24, 2.45) is 0 Å². The number of carbonyl (C=O) groups excluding carboxylic acids is 1. The molecular formula is C9H7BrClN3O2. The molecule has 1 aromatic heterocycles. The van der Waals surface area contributed by atoms with E-state index in [0.717, 1.165) is 0 Å². The fourth-order valence-corrected chi connectivity index (χ4v) is 2.01. The van der Waals surface area contributed by atoms with Gasteiger partial charge in [0, 0.05) is 5.39 Å². The van der Waals surface area contributed by atoms with Gasteiger partial charge in [-0.25, -0.2) is 4.79 Å². The molecule has 0 spiro atoms. The van der Waals surface area contributed by atoms with Crippen molar-refractivity contribution >= 4 is 50.1 Å². The maximum absolute atomic E-state index is 11.6. The van der Waals surface area contributed by atoms with Crippen LogP contribution in [-0.4, -0.2) is 23.3 Å². The van der Waals surface area contributed by atoms with Gasteiger partial charge in [-0.15, -0.1) is 0 Å². The molecule has 3 N–H and O–H groups in total. The number of benzene rings is 1. The summed E-state index contributed by atoms with van der Waals surface area (Å²) in [7, 11) is 1.27. The highest BCUT2D eigenvalue weighted by molar-refractivity contribution is 9.10. The Bertz CT molecular complexity index is 582. The van der Waals surface area contributed by atoms with Crippen LogP contribution in [0.3, 0.4) is 0 Å². The molecule has 1 aromatic carbocycles. The van der Waals surface area contributed by atoms with E-state index >= 15 is 0 Å². The molecule has 0 saturated carbocycles. The quantitative estimate of drug-likeness (QED) is 0.626. The highest BCUT2D eigenvalue weighted by Crippen LogP contribution is 2.33. The van der Waals surface area contributed by atoms with Gasteiger partial charge in [0.05, 0.1) is 17.8 Å². The number of nitrogens with two attached hydrogens (primary N) is 1. The summed E-state index contributed by atoms with van der Waals surface area (Å²) in [6, 6.07) is 1.63. The number of hydrogen-bond acceptors (Lipinski definition) is 4. The molecule has 7 heteroatoms. The van der Waals surface area contributed by atoms with Crippen molar-refractivity contribution in [1.29, 1.82) is 0 Å². The van der Waals surface area contributed by atoms with Crippen molar-refractivity contribution in [3.05, 3.63) is 21.3 Å². The number of ether oxygens (including phenoxy) is 1. The number of esters is 1. The standard InChI is InChI=1S/C9H7BrClN3O2/c1-16-9(15)5-6(12)4(11)2-3-7(5)13-14-8(3)10/h2H,12H2,1H3,(H,13,14). The monoisotopic (exact) mass is 303 g/mol. The molecule has 0 bridgehead atoms. The van der Waals surface area contributed by atoms with E-state index in [4.69, 9.17) is 17.3 Å². The van der Waals surface area contributed by atoms with E-state index in [9.17, 15) is 4.79 Å². The highest BCUT2D eigenvalue weighted by Gasteiger charge is 2.20. The van der Waals surface area contributed by atoms with E-state index in [2.05, 4.69) is 30.9 Å². The molecule has 0 atom stereocenters. The summed E-state index contributed by atoms with van der Waals surface area (Å²) in [6.07, 6.45) is 0. The lowest BCUT2D eigenvalue weighted by atomic mass is 10.1. The minimum atomic E-state index is -0.566. The number of aromatic nitrogens is 2. The molecule has 0 aliphatic rings. The fraction of sp³-hybridized carbons (Fsp3) is 0.111. The van der Waals surface area contributed by atoms with Crippen molar-refractivity contribution in [3.8, 4) is 0 Å². The normalized spacial score (nSPS) is 10.7. The van der Waals surface area contributed by atoms with Gasteiger partial charge in [0.1, 0.15) is 15.7 Å². The largest absolute Gasteiger partial charge is 0.465 e. The fourth-order valence-electron chi connectivity index (χ4n) is 1.41. The number of anilines is 1. The second kappa shape index (κ2) is 3.95. The first kappa shape index (κ1) is 11.2. The van der Waals surface area contributed by atoms with Gasteiger partial charge in [-0.1, -0.05) is 11.6 Å². The second-order valence-corrected chi connectivity index (χ2v) is 4.27. The third-order valence-corrected chi connectivity index (χ3v) is 3.10. The first-order chi connectivity index (χ1) is 7.56. The predicted octanol–water partition coefficient (Wildman–Crippen LogP) is 2.35. The summed E-state index contributed by atoms with van der Waals surface area (Å²) in [6.45, 7) is 0. The van der Waals surface area contributed by atoms with Gasteiger partial charge < -0.3 is 10.5 Å². The number of rotatable bonds is 1. The zero-order valence-corrected chi connectivity index (χ0v) is 10.5. The molecule has 0 aliphatic heterocycles. The molecular weight excluding hydrogens is 297 g/mol. The van der Waals surface area contributed by atoms with E-state index in [1.807, 2.05) is 0 Å². The molecule has 84 valence electrons. The van der Waals surface area contributed by atoms with Crippen LogP contribution < -0.4 is 5.73 Å². The number of methoxy groups -OCH3 is 1. The van der Waals surface area contributed by atoms with Gasteiger partial charge in [0.15, 0.2) is 0 Å². The van der Waals surface area contributed by atoms with Gasteiger partial charge in [-0.2, -0.15) is 5.10 Å². The maximum Gasteiger partial charge on any atom is 0.342 e. The van der Waals surface area contributed by atoms with E-state index in [1.54, 1.807) is 6.07 Å². The maximum atomic E-state index is 11.6. The molecule has 2 aromatic rings. The molecule has 5 nitrogen and oxygen atoms in total. The summed E-state index contributed by atoms with van der Waals surface area (Å²) in [4.78, 5) is 11.6. The Balaban J connectivity index is 2.87. The Hall–Kier alpha value is -1.27. The smallest absolute Gasteiger partial charge is 0.342 e.